The zero-order valence-electron chi connectivity index (χ0n) is 11.7. The van der Waals surface area contributed by atoms with E-state index in [4.69, 9.17) is 0 Å². The summed E-state index contributed by atoms with van der Waals surface area (Å²) >= 11 is 1.51. The van der Waals surface area contributed by atoms with Gasteiger partial charge in [-0.3, -0.25) is 14.6 Å². The molecule has 7 heteroatoms. The van der Waals surface area contributed by atoms with E-state index in [0.717, 1.165) is 5.71 Å². The van der Waals surface area contributed by atoms with Crippen LogP contribution in [0, 0.1) is 5.41 Å². The molecule has 20 heavy (non-hydrogen) atoms. The quantitative estimate of drug-likeness (QED) is 0.489. The number of carbonyl (C=O) groups excluding carboxylic acids is 1. The molecule has 0 bridgehead atoms. The minimum absolute atomic E-state index is 0. The number of thioether (sulfide) groups is 1. The van der Waals surface area contributed by atoms with Gasteiger partial charge in [0.05, 0.1) is 0 Å². The summed E-state index contributed by atoms with van der Waals surface area (Å²) in [6.45, 7) is 5.78. The van der Waals surface area contributed by atoms with Crippen LogP contribution in [0.4, 0.5) is 0 Å². The second-order valence-electron chi connectivity index (χ2n) is 5.15. The van der Waals surface area contributed by atoms with E-state index in [9.17, 15) is 14.7 Å². The number of amides is 1. The van der Waals surface area contributed by atoms with Gasteiger partial charge in [-0.05, 0) is 20.8 Å². The molecule has 5 nitrogen and oxygen atoms in total. The lowest BCUT2D eigenvalue weighted by atomic mass is 9.87. The van der Waals surface area contributed by atoms with Crippen molar-refractivity contribution in [2.75, 3.05) is 12.3 Å². The largest absolute Gasteiger partial charge is 0.481 e. The lowest BCUT2D eigenvalue weighted by Crippen LogP contribution is -2.68. The van der Waals surface area contributed by atoms with Crippen LogP contribution in [0.25, 0.3) is 0 Å². The minimum Gasteiger partial charge on any atom is -0.481 e. The fraction of sp³-hybridized carbons (Fsp3) is 0.615. The molecule has 0 saturated carbocycles. The number of carboxylic acids is 1. The maximum Gasteiger partial charge on any atom is 0.316 e. The van der Waals surface area contributed by atoms with E-state index in [1.165, 1.54) is 11.8 Å². The van der Waals surface area contributed by atoms with E-state index >= 15 is 0 Å². The number of nitrogens with zero attached hydrogens (tertiary/aromatic N) is 2. The third-order valence-corrected chi connectivity index (χ3v) is 4.92. The predicted octanol–water partition coefficient (Wildman–Crippen LogP) is 1.82. The van der Waals surface area contributed by atoms with Crippen molar-refractivity contribution in [1.82, 2.24) is 4.90 Å². The van der Waals surface area contributed by atoms with Gasteiger partial charge in [0.15, 0.2) is 6.04 Å². The predicted molar refractivity (Wildman–Crippen MR) is 82.7 cm³/mol. The van der Waals surface area contributed by atoms with Gasteiger partial charge in [0.1, 0.15) is 10.8 Å². The van der Waals surface area contributed by atoms with Gasteiger partial charge >= 0.3 is 5.97 Å². The van der Waals surface area contributed by atoms with Gasteiger partial charge in [-0.1, -0.05) is 12.2 Å². The first-order valence-electron chi connectivity index (χ1n) is 6.21. The third kappa shape index (κ3) is 2.72. The molecular formula is C13H19ClN2O3S. The van der Waals surface area contributed by atoms with Crippen LogP contribution in [0.3, 0.4) is 0 Å². The summed E-state index contributed by atoms with van der Waals surface area (Å²) < 4.78 is 0. The zero-order chi connectivity index (χ0) is 14.2. The third-order valence-electron chi connectivity index (χ3n) is 3.39. The van der Waals surface area contributed by atoms with E-state index < -0.39 is 11.4 Å². The number of hydrogen-bond acceptors (Lipinski definition) is 4. The topological polar surface area (TPSA) is 70.0 Å². The van der Waals surface area contributed by atoms with Gasteiger partial charge < -0.3 is 10.0 Å². The van der Waals surface area contributed by atoms with Crippen molar-refractivity contribution in [1.29, 1.82) is 0 Å². The summed E-state index contributed by atoms with van der Waals surface area (Å²) in [5.74, 6) is -0.452. The zero-order valence-corrected chi connectivity index (χ0v) is 13.3. The number of carboxylic acid groups (broad SMARTS) is 1. The van der Waals surface area contributed by atoms with E-state index in [1.807, 2.05) is 13.8 Å². The normalized spacial score (nSPS) is 32.1. The number of carbonyl (C=O) groups is 2. The number of halogens is 1. The molecule has 2 saturated heterocycles. The Morgan fingerprint density at radius 3 is 2.70 bits per heavy atom. The van der Waals surface area contributed by atoms with Crippen molar-refractivity contribution >= 4 is 41.8 Å². The number of allylic oxidation sites excluding steroid dienone is 1. The van der Waals surface area contributed by atoms with Crippen LogP contribution in [-0.2, 0) is 9.59 Å². The Bertz CT molecular complexity index is 476. The van der Waals surface area contributed by atoms with Crippen LogP contribution in [0.5, 0.6) is 0 Å². The highest BCUT2D eigenvalue weighted by Gasteiger charge is 2.56. The number of hydrogen-bond donors (Lipinski definition) is 1. The number of aliphatic imine (C=N–C) groups is 1. The average Bonchev–Trinajstić information content (AvgIpc) is 2.36. The van der Waals surface area contributed by atoms with Gasteiger partial charge in [0.25, 0.3) is 5.91 Å². The molecule has 1 N–H and O–H groups in total. The Balaban J connectivity index is 0.00000200. The first kappa shape index (κ1) is 17.0. The Hall–Kier alpha value is -1.01. The minimum atomic E-state index is -0.957. The SMILES string of the molecule is CC=CC1(C(=O)O)CS[C@@H]2[C@H](N=C(C)C)C(=O)N2C1.Cl. The number of fused-ring (bicyclic) bond motifs is 1. The molecule has 0 spiro atoms. The number of aliphatic carboxylic acids is 1. The molecule has 112 valence electrons. The standard InChI is InChI=1S/C13H18N2O3S.ClH/c1-4-5-13(12(17)18)6-15-10(16)9(14-8(2)3)11(15)19-7-13;/h4-5,9,11H,6-7H2,1-3H3,(H,17,18);1H/t9-,11-,13?;/m1./s1. The summed E-state index contributed by atoms with van der Waals surface area (Å²) in [6, 6.07) is -0.326. The molecule has 2 heterocycles. The van der Waals surface area contributed by atoms with E-state index in [2.05, 4.69) is 4.99 Å². The Morgan fingerprint density at radius 1 is 1.55 bits per heavy atom. The van der Waals surface area contributed by atoms with Crippen LogP contribution in [0.1, 0.15) is 20.8 Å². The van der Waals surface area contributed by atoms with Gasteiger partial charge in [-0.15, -0.1) is 24.2 Å². The molecule has 1 unspecified atom stereocenters. The summed E-state index contributed by atoms with van der Waals surface area (Å²) in [7, 11) is 0. The maximum atomic E-state index is 12.0. The summed E-state index contributed by atoms with van der Waals surface area (Å²) in [5.41, 5.74) is -0.0799. The fourth-order valence-corrected chi connectivity index (χ4v) is 3.95. The van der Waals surface area contributed by atoms with Crippen LogP contribution in [0.15, 0.2) is 17.1 Å². The molecule has 0 aromatic rings. The van der Waals surface area contributed by atoms with Crippen molar-refractivity contribution < 1.29 is 14.7 Å². The smallest absolute Gasteiger partial charge is 0.316 e. The van der Waals surface area contributed by atoms with Gasteiger partial charge in [-0.2, -0.15) is 0 Å². The van der Waals surface area contributed by atoms with Gasteiger partial charge in [0.2, 0.25) is 0 Å². The van der Waals surface area contributed by atoms with Crippen molar-refractivity contribution in [2.24, 2.45) is 10.4 Å². The lowest BCUT2D eigenvalue weighted by molar-refractivity contribution is -0.153. The lowest BCUT2D eigenvalue weighted by Gasteiger charge is -2.52. The van der Waals surface area contributed by atoms with Crippen molar-refractivity contribution in [3.05, 3.63) is 12.2 Å². The number of β-lactam (4-membered cyclic amide) rings is 1. The molecule has 2 fully saturated rings. The molecule has 0 radical (unpaired) electrons. The van der Waals surface area contributed by atoms with Crippen molar-refractivity contribution in [3.8, 4) is 0 Å². The first-order valence-corrected chi connectivity index (χ1v) is 7.26. The average molecular weight is 319 g/mol. The molecular weight excluding hydrogens is 300 g/mol. The van der Waals surface area contributed by atoms with E-state index in [1.54, 1.807) is 24.0 Å². The highest BCUT2D eigenvalue weighted by molar-refractivity contribution is 8.00. The summed E-state index contributed by atoms with van der Waals surface area (Å²) in [6.07, 6.45) is 3.43. The molecule has 2 aliphatic heterocycles. The molecule has 0 aromatic heterocycles. The molecule has 2 rings (SSSR count). The second-order valence-corrected chi connectivity index (χ2v) is 6.26. The highest BCUT2D eigenvalue weighted by Crippen LogP contribution is 2.44. The molecule has 0 aliphatic carbocycles. The Morgan fingerprint density at radius 2 is 2.20 bits per heavy atom. The fourth-order valence-electron chi connectivity index (χ4n) is 2.46. The van der Waals surface area contributed by atoms with Crippen molar-refractivity contribution in [3.63, 3.8) is 0 Å². The van der Waals surface area contributed by atoms with E-state index in [0.29, 0.717) is 5.75 Å². The van der Waals surface area contributed by atoms with Crippen molar-refractivity contribution in [2.45, 2.75) is 32.2 Å². The van der Waals surface area contributed by atoms with E-state index in [-0.39, 0.29) is 36.3 Å². The first-order chi connectivity index (χ1) is 8.91. The molecule has 2 aliphatic rings. The van der Waals surface area contributed by atoms with Crippen LogP contribution in [0.2, 0.25) is 0 Å². The number of rotatable bonds is 3. The Labute approximate surface area is 128 Å². The monoisotopic (exact) mass is 318 g/mol. The summed E-state index contributed by atoms with van der Waals surface area (Å²) in [4.78, 5) is 29.5. The highest BCUT2D eigenvalue weighted by atomic mass is 35.5. The van der Waals surface area contributed by atoms with Crippen LogP contribution >= 0.6 is 24.2 Å². The van der Waals surface area contributed by atoms with Crippen LogP contribution in [-0.4, -0.2) is 51.3 Å². The molecule has 3 atom stereocenters. The molecule has 0 aromatic carbocycles. The Kier molecular flexibility index (Phi) is 5.27. The molecule has 1 amide bonds. The maximum absolute atomic E-state index is 12.0. The second kappa shape index (κ2) is 6.18. The van der Waals surface area contributed by atoms with Crippen LogP contribution < -0.4 is 0 Å². The summed E-state index contributed by atoms with van der Waals surface area (Å²) in [5, 5.41) is 9.42. The van der Waals surface area contributed by atoms with Gasteiger partial charge in [-0.25, -0.2) is 0 Å². The van der Waals surface area contributed by atoms with Gasteiger partial charge in [0, 0.05) is 18.0 Å².